The van der Waals surface area contributed by atoms with Crippen LogP contribution in [-0.2, 0) is 14.8 Å². The smallest absolute Gasteiger partial charge is 0.372 e. The Morgan fingerprint density at radius 1 is 1.62 bits per heavy atom. The van der Waals surface area contributed by atoms with Crippen molar-refractivity contribution in [2.24, 2.45) is 5.92 Å². The molecule has 8 heteroatoms. The summed E-state index contributed by atoms with van der Waals surface area (Å²) in [6.07, 6.45) is 2.20. The predicted molar refractivity (Wildman–Crippen MR) is 73.6 cm³/mol. The number of aryl methyl sites for hydroxylation is 1. The Balaban J connectivity index is 2.10. The first-order valence-corrected chi connectivity index (χ1v) is 7.91. The fraction of sp³-hybridized carbons (Fsp3) is 0.462. The summed E-state index contributed by atoms with van der Waals surface area (Å²) in [6.45, 7) is 5.86. The van der Waals surface area contributed by atoms with E-state index in [1.54, 1.807) is 6.08 Å². The Kier molecular flexibility index (Phi) is 4.50. The molecule has 0 radical (unpaired) electrons. The number of rotatable bonds is 6. The number of carboxylic acid groups (broad SMARTS) is 1. The largest absolute Gasteiger partial charge is 0.475 e. The Morgan fingerprint density at radius 3 is 2.90 bits per heavy atom. The van der Waals surface area contributed by atoms with E-state index in [-0.39, 0.29) is 29.9 Å². The highest BCUT2D eigenvalue weighted by molar-refractivity contribution is 7.89. The summed E-state index contributed by atoms with van der Waals surface area (Å²) in [5.41, 5.74) is 0.260. The van der Waals surface area contributed by atoms with Crippen molar-refractivity contribution >= 4 is 16.0 Å². The normalized spacial score (nSPS) is 22.3. The summed E-state index contributed by atoms with van der Waals surface area (Å²) < 4.78 is 36.9. The van der Waals surface area contributed by atoms with Gasteiger partial charge in [-0.05, 0) is 13.3 Å². The third kappa shape index (κ3) is 3.34. The molecule has 2 atom stereocenters. The van der Waals surface area contributed by atoms with Gasteiger partial charge in [-0.1, -0.05) is 6.08 Å². The molecular formula is C13H17NO6S. The molecule has 1 saturated heterocycles. The maximum Gasteiger partial charge on any atom is 0.372 e. The van der Waals surface area contributed by atoms with E-state index in [1.165, 1.54) is 13.0 Å². The first-order chi connectivity index (χ1) is 9.85. The summed E-state index contributed by atoms with van der Waals surface area (Å²) in [4.78, 5) is 10.9. The lowest BCUT2D eigenvalue weighted by atomic mass is 10.0. The molecule has 0 unspecified atom stereocenters. The predicted octanol–water partition coefficient (Wildman–Crippen LogP) is 1.16. The molecule has 0 aromatic carbocycles. The van der Waals surface area contributed by atoms with Gasteiger partial charge in [0.05, 0.1) is 6.10 Å². The van der Waals surface area contributed by atoms with Gasteiger partial charge in [-0.3, -0.25) is 0 Å². The number of hydrogen-bond acceptors (Lipinski definition) is 5. The zero-order valence-corrected chi connectivity index (χ0v) is 12.4. The van der Waals surface area contributed by atoms with Gasteiger partial charge in [-0.2, -0.15) is 0 Å². The van der Waals surface area contributed by atoms with Crippen molar-refractivity contribution in [2.45, 2.75) is 24.5 Å². The van der Waals surface area contributed by atoms with Gasteiger partial charge in [0.2, 0.25) is 10.9 Å². The Bertz CT molecular complexity index is 648. The summed E-state index contributed by atoms with van der Waals surface area (Å²) in [7, 11) is -3.88. The second-order valence-corrected chi connectivity index (χ2v) is 6.55. The highest BCUT2D eigenvalue weighted by atomic mass is 32.2. The van der Waals surface area contributed by atoms with Crippen LogP contribution in [0.3, 0.4) is 0 Å². The van der Waals surface area contributed by atoms with E-state index in [1.807, 2.05) is 0 Å². The van der Waals surface area contributed by atoms with Crippen molar-refractivity contribution in [3.05, 3.63) is 30.0 Å². The zero-order chi connectivity index (χ0) is 15.6. The van der Waals surface area contributed by atoms with E-state index < -0.39 is 21.1 Å². The maximum atomic E-state index is 12.1. The van der Waals surface area contributed by atoms with E-state index in [2.05, 4.69) is 11.3 Å². The third-order valence-corrected chi connectivity index (χ3v) is 4.66. The van der Waals surface area contributed by atoms with E-state index in [9.17, 15) is 13.2 Å². The second-order valence-electron chi connectivity index (χ2n) is 4.85. The monoisotopic (exact) mass is 315 g/mol. The number of sulfonamides is 1. The lowest BCUT2D eigenvalue weighted by Crippen LogP contribution is -2.32. The second kappa shape index (κ2) is 6.00. The highest BCUT2D eigenvalue weighted by Crippen LogP contribution is 2.23. The number of carboxylic acids is 1. The lowest BCUT2D eigenvalue weighted by Gasteiger charge is -2.14. The highest BCUT2D eigenvalue weighted by Gasteiger charge is 2.29. The van der Waals surface area contributed by atoms with Crippen molar-refractivity contribution in [3.8, 4) is 0 Å². The molecule has 1 aromatic heterocycles. The standard InChI is InChI=1S/C13H17NO6S/c1-3-10-9(4-5-19-10)7-14-21(17,18)11-6-8(2)12(20-11)13(15)16/h3,6,9-10,14H,1,4-5,7H2,2H3,(H,15,16)/t9-,10-/m0/s1. The van der Waals surface area contributed by atoms with E-state index in [4.69, 9.17) is 14.3 Å². The average molecular weight is 315 g/mol. The van der Waals surface area contributed by atoms with Crippen LogP contribution in [0, 0.1) is 12.8 Å². The minimum atomic E-state index is -3.88. The number of hydrogen-bond donors (Lipinski definition) is 2. The van der Waals surface area contributed by atoms with Gasteiger partial charge in [0.15, 0.2) is 0 Å². The van der Waals surface area contributed by atoms with Crippen LogP contribution in [0.25, 0.3) is 0 Å². The molecule has 1 aromatic rings. The van der Waals surface area contributed by atoms with Crippen LogP contribution in [0.1, 0.15) is 22.5 Å². The minimum absolute atomic E-state index is 0.00674. The number of carbonyl (C=O) groups is 1. The van der Waals surface area contributed by atoms with Crippen molar-refractivity contribution in [2.75, 3.05) is 13.2 Å². The number of ether oxygens (including phenoxy) is 1. The molecule has 2 heterocycles. The number of aromatic carboxylic acids is 1. The van der Waals surface area contributed by atoms with E-state index in [0.717, 1.165) is 6.42 Å². The Hall–Kier alpha value is -1.64. The molecule has 0 spiro atoms. The molecule has 0 bridgehead atoms. The summed E-state index contributed by atoms with van der Waals surface area (Å²) in [6, 6.07) is 1.20. The summed E-state index contributed by atoms with van der Waals surface area (Å²) in [5.74, 6) is -1.67. The van der Waals surface area contributed by atoms with Gasteiger partial charge in [0.25, 0.3) is 10.0 Å². The van der Waals surface area contributed by atoms with Crippen molar-refractivity contribution < 1.29 is 27.5 Å². The zero-order valence-electron chi connectivity index (χ0n) is 11.5. The van der Waals surface area contributed by atoms with Crippen LogP contribution < -0.4 is 4.72 Å². The van der Waals surface area contributed by atoms with Crippen LogP contribution in [0.4, 0.5) is 0 Å². The summed E-state index contributed by atoms with van der Waals surface area (Å²) >= 11 is 0. The Labute approximate surface area is 122 Å². The molecule has 1 aliphatic rings. The average Bonchev–Trinajstić information content (AvgIpc) is 3.02. The van der Waals surface area contributed by atoms with Gasteiger partial charge in [0.1, 0.15) is 0 Å². The van der Waals surface area contributed by atoms with Crippen LogP contribution in [-0.4, -0.2) is 38.7 Å². The lowest BCUT2D eigenvalue weighted by molar-refractivity contribution is 0.0655. The van der Waals surface area contributed by atoms with Crippen molar-refractivity contribution in [1.82, 2.24) is 4.72 Å². The van der Waals surface area contributed by atoms with Gasteiger partial charge in [0, 0.05) is 30.7 Å². The van der Waals surface area contributed by atoms with Crippen LogP contribution in [0.15, 0.2) is 28.2 Å². The molecule has 1 aliphatic heterocycles. The van der Waals surface area contributed by atoms with Gasteiger partial charge < -0.3 is 14.3 Å². The molecule has 116 valence electrons. The van der Waals surface area contributed by atoms with Gasteiger partial charge in [-0.15, -0.1) is 6.58 Å². The molecule has 0 saturated carbocycles. The maximum absolute atomic E-state index is 12.1. The number of nitrogens with one attached hydrogen (secondary N) is 1. The van der Waals surface area contributed by atoms with Crippen LogP contribution >= 0.6 is 0 Å². The van der Waals surface area contributed by atoms with Gasteiger partial charge in [-0.25, -0.2) is 17.9 Å². The first kappa shape index (κ1) is 15.7. The van der Waals surface area contributed by atoms with Crippen LogP contribution in [0.2, 0.25) is 0 Å². The molecule has 7 nitrogen and oxygen atoms in total. The fourth-order valence-electron chi connectivity index (χ4n) is 2.22. The molecule has 0 amide bonds. The third-order valence-electron chi connectivity index (χ3n) is 3.39. The van der Waals surface area contributed by atoms with Crippen molar-refractivity contribution in [3.63, 3.8) is 0 Å². The SMILES string of the molecule is C=C[C@@H]1OCC[C@H]1CNS(=O)(=O)c1cc(C)c(C(=O)O)o1. The molecule has 0 aliphatic carbocycles. The van der Waals surface area contributed by atoms with Crippen LogP contribution in [0.5, 0.6) is 0 Å². The number of furan rings is 1. The molecule has 2 rings (SSSR count). The summed E-state index contributed by atoms with van der Waals surface area (Å²) in [5, 5.41) is 8.48. The Morgan fingerprint density at radius 2 is 2.33 bits per heavy atom. The first-order valence-electron chi connectivity index (χ1n) is 6.42. The van der Waals surface area contributed by atoms with E-state index >= 15 is 0 Å². The van der Waals surface area contributed by atoms with Gasteiger partial charge >= 0.3 is 5.97 Å². The minimum Gasteiger partial charge on any atom is -0.475 e. The molecule has 2 N–H and O–H groups in total. The van der Waals surface area contributed by atoms with Crippen molar-refractivity contribution in [1.29, 1.82) is 0 Å². The molecule has 1 fully saturated rings. The quantitative estimate of drug-likeness (QED) is 0.763. The van der Waals surface area contributed by atoms with E-state index in [0.29, 0.717) is 6.61 Å². The molecule has 21 heavy (non-hydrogen) atoms. The fourth-order valence-corrected chi connectivity index (χ4v) is 3.32. The molecular weight excluding hydrogens is 298 g/mol. The topological polar surface area (TPSA) is 106 Å².